The van der Waals surface area contributed by atoms with Crippen molar-refractivity contribution < 1.29 is 47.5 Å². The second kappa shape index (κ2) is 17.9. The average molecular weight is 779 g/mol. The molecule has 0 atom stereocenters. The van der Waals surface area contributed by atoms with E-state index in [-0.39, 0.29) is 73.8 Å². The molecule has 0 saturated heterocycles. The topological polar surface area (TPSA) is 108 Å². The van der Waals surface area contributed by atoms with Crippen LogP contribution in [0.25, 0.3) is 11.1 Å². The minimum Gasteiger partial charge on any atom is -0.493 e. The first-order chi connectivity index (χ1) is 27.4. The van der Waals surface area contributed by atoms with E-state index in [4.69, 9.17) is 37.9 Å². The Labute approximate surface area is 336 Å². The monoisotopic (exact) mass is 778 g/mol. The molecule has 0 spiro atoms. The van der Waals surface area contributed by atoms with Gasteiger partial charge in [-0.15, -0.1) is 0 Å². The van der Waals surface area contributed by atoms with Crippen molar-refractivity contribution in [3.63, 3.8) is 0 Å². The van der Waals surface area contributed by atoms with E-state index < -0.39 is 17.4 Å². The first-order valence-electron chi connectivity index (χ1n) is 19.5. The molecule has 0 unspecified atom stereocenters. The van der Waals surface area contributed by atoms with Gasteiger partial charge in [0.2, 0.25) is 11.5 Å². The fourth-order valence-electron chi connectivity index (χ4n) is 7.51. The van der Waals surface area contributed by atoms with Gasteiger partial charge < -0.3 is 37.9 Å². The molecule has 4 aromatic carbocycles. The molecule has 0 fully saturated rings. The number of carbonyl (C=O) groups is 2. The first-order valence-corrected chi connectivity index (χ1v) is 19.5. The number of hydrogen-bond acceptors (Lipinski definition) is 10. The predicted molar refractivity (Wildman–Crippen MR) is 221 cm³/mol. The van der Waals surface area contributed by atoms with E-state index in [1.165, 1.54) is 0 Å². The highest BCUT2D eigenvalue weighted by Gasteiger charge is 2.55. The van der Waals surface area contributed by atoms with Crippen molar-refractivity contribution in [3.05, 3.63) is 106 Å². The van der Waals surface area contributed by atoms with E-state index in [2.05, 4.69) is 37.4 Å². The number of fused-ring (bicyclic) bond motifs is 3. The lowest BCUT2D eigenvalue weighted by atomic mass is 9.65. The fraction of sp³-hybridized carbons (Fsp3) is 0.362. The minimum absolute atomic E-state index is 0.151. The van der Waals surface area contributed by atoms with Gasteiger partial charge in [-0.05, 0) is 91.5 Å². The smallest absolute Gasteiger partial charge is 0.338 e. The molecule has 0 heterocycles. The minimum atomic E-state index is -1.36. The Hall–Kier alpha value is -5.90. The largest absolute Gasteiger partial charge is 0.493 e. The van der Waals surface area contributed by atoms with Crippen molar-refractivity contribution >= 4 is 11.9 Å². The molecule has 0 radical (unpaired) electrons. The summed E-state index contributed by atoms with van der Waals surface area (Å²) in [7, 11) is 0. The highest BCUT2D eigenvalue weighted by atomic mass is 16.6. The van der Waals surface area contributed by atoms with Crippen LogP contribution in [0.1, 0.15) is 88.8 Å². The normalized spacial score (nSPS) is 12.2. The van der Waals surface area contributed by atoms with Gasteiger partial charge in [0.1, 0.15) is 11.5 Å². The summed E-state index contributed by atoms with van der Waals surface area (Å²) in [5.74, 6) is 0.876. The second-order valence-electron chi connectivity index (χ2n) is 13.4. The molecule has 1 aliphatic carbocycles. The van der Waals surface area contributed by atoms with Gasteiger partial charge in [0.05, 0.1) is 56.2 Å². The summed E-state index contributed by atoms with van der Waals surface area (Å²) < 4.78 is 52.0. The number of hydrogen-bond donors (Lipinski definition) is 0. The van der Waals surface area contributed by atoms with Gasteiger partial charge in [0.25, 0.3) is 0 Å². The van der Waals surface area contributed by atoms with Crippen molar-refractivity contribution in [1.82, 2.24) is 0 Å². The number of carbonyl (C=O) groups excluding carboxylic acids is 2. The molecular weight excluding hydrogens is 725 g/mol. The summed E-state index contributed by atoms with van der Waals surface area (Å²) in [5, 5.41) is 0. The quantitative estimate of drug-likeness (QED) is 0.0485. The zero-order valence-corrected chi connectivity index (χ0v) is 34.9. The van der Waals surface area contributed by atoms with E-state index in [1.807, 2.05) is 79.7 Å². The van der Waals surface area contributed by atoms with Crippen molar-refractivity contribution in [2.45, 2.75) is 74.7 Å². The lowest BCUT2D eigenvalue weighted by Crippen LogP contribution is -2.33. The summed E-state index contributed by atoms with van der Waals surface area (Å²) in [6.45, 7) is 27.1. The Bertz CT molecular complexity index is 2040. The van der Waals surface area contributed by atoms with Gasteiger partial charge in [-0.3, -0.25) is 0 Å². The number of ether oxygens (including phenoxy) is 8. The Morgan fingerprint density at radius 3 is 1.09 bits per heavy atom. The van der Waals surface area contributed by atoms with Crippen LogP contribution in [0.15, 0.2) is 72.8 Å². The van der Waals surface area contributed by atoms with E-state index in [1.54, 1.807) is 13.8 Å². The third-order valence-electron chi connectivity index (χ3n) is 9.62. The molecule has 4 aromatic rings. The second-order valence-corrected chi connectivity index (χ2v) is 13.4. The molecule has 302 valence electrons. The Kier molecular flexibility index (Phi) is 13.3. The van der Waals surface area contributed by atoms with Gasteiger partial charge in [-0.25, -0.2) is 9.59 Å². The lowest BCUT2D eigenvalue weighted by molar-refractivity contribution is -0.131. The molecule has 0 saturated carbocycles. The van der Waals surface area contributed by atoms with Crippen LogP contribution in [0.4, 0.5) is 0 Å². The molecule has 10 heteroatoms. The first kappa shape index (κ1) is 42.2. The van der Waals surface area contributed by atoms with Crippen LogP contribution in [0, 0.1) is 13.8 Å². The summed E-state index contributed by atoms with van der Waals surface area (Å²) in [6.07, 6.45) is 0. The van der Waals surface area contributed by atoms with Crippen LogP contribution < -0.4 is 37.9 Å². The SMILES string of the molecule is C=C(C)C(=O)Oc1c(C)c(OCC)c(C2(c3c(OCC)c(C)c(OC(=O)C(=C)C)c(OCC)c3OCC)c3ccccc3-c3ccccc32)c(OCC)c1OCC. The standard InChI is InChI=1S/C47H54O10/c1-13-50-37-29(11)39(56-45(48)27(7)8)43(54-17-5)41(52-15-3)35(37)47(33-25-21-19-23-31(33)32-24-20-22-26-34(32)47)36-38(51-14-2)30(12)40(57-46(49)28(9)10)44(55-18-6)42(36)53-16-4/h19-26H,7,9,13-18H2,1-6,8,10-12H3. The third-order valence-corrected chi connectivity index (χ3v) is 9.62. The van der Waals surface area contributed by atoms with Gasteiger partial charge in [0, 0.05) is 22.3 Å². The van der Waals surface area contributed by atoms with E-state index in [0.29, 0.717) is 45.3 Å². The van der Waals surface area contributed by atoms with Crippen LogP contribution in [0.5, 0.6) is 46.0 Å². The van der Waals surface area contributed by atoms with Crippen molar-refractivity contribution in [2.24, 2.45) is 0 Å². The van der Waals surface area contributed by atoms with Gasteiger partial charge in [-0.1, -0.05) is 61.7 Å². The van der Waals surface area contributed by atoms with Gasteiger partial charge in [0.15, 0.2) is 23.0 Å². The maximum absolute atomic E-state index is 13.3. The fourth-order valence-corrected chi connectivity index (χ4v) is 7.51. The molecule has 10 nitrogen and oxygen atoms in total. The maximum atomic E-state index is 13.3. The summed E-state index contributed by atoms with van der Waals surface area (Å²) in [4.78, 5) is 26.6. The van der Waals surface area contributed by atoms with Crippen molar-refractivity contribution in [2.75, 3.05) is 39.6 Å². The average Bonchev–Trinajstić information content (AvgIpc) is 3.48. The highest BCUT2D eigenvalue weighted by Crippen LogP contribution is 2.68. The Morgan fingerprint density at radius 2 is 0.772 bits per heavy atom. The molecule has 0 bridgehead atoms. The maximum Gasteiger partial charge on any atom is 0.338 e. The molecular formula is C47H54O10. The zero-order valence-electron chi connectivity index (χ0n) is 34.9. The van der Waals surface area contributed by atoms with Gasteiger partial charge >= 0.3 is 11.9 Å². The number of esters is 2. The third kappa shape index (κ3) is 7.29. The summed E-state index contributed by atoms with van der Waals surface area (Å²) >= 11 is 0. The highest BCUT2D eigenvalue weighted by molar-refractivity contribution is 5.94. The van der Waals surface area contributed by atoms with Crippen LogP contribution in [0.2, 0.25) is 0 Å². The predicted octanol–water partition coefficient (Wildman–Crippen LogP) is 10.0. The van der Waals surface area contributed by atoms with Crippen LogP contribution >= 0.6 is 0 Å². The number of rotatable bonds is 18. The molecule has 5 rings (SSSR count). The van der Waals surface area contributed by atoms with Crippen LogP contribution in [-0.2, 0) is 15.0 Å². The molecule has 0 amide bonds. The molecule has 1 aliphatic rings. The van der Waals surface area contributed by atoms with Crippen LogP contribution in [-0.4, -0.2) is 51.6 Å². The lowest BCUT2D eigenvalue weighted by Gasteiger charge is -2.40. The molecule has 0 N–H and O–H groups in total. The van der Waals surface area contributed by atoms with E-state index in [0.717, 1.165) is 22.3 Å². The Balaban J connectivity index is 2.21. The molecule has 0 aliphatic heterocycles. The van der Waals surface area contributed by atoms with E-state index in [9.17, 15) is 9.59 Å². The molecule has 57 heavy (non-hydrogen) atoms. The zero-order chi connectivity index (χ0) is 41.6. The summed E-state index contributed by atoms with van der Waals surface area (Å²) in [5.41, 5.74) is 4.80. The van der Waals surface area contributed by atoms with Crippen molar-refractivity contribution in [3.8, 4) is 57.1 Å². The summed E-state index contributed by atoms with van der Waals surface area (Å²) in [6, 6.07) is 16.3. The number of benzene rings is 4. The Morgan fingerprint density at radius 1 is 0.474 bits per heavy atom. The van der Waals surface area contributed by atoms with E-state index >= 15 is 0 Å². The van der Waals surface area contributed by atoms with Crippen molar-refractivity contribution in [1.29, 1.82) is 0 Å². The van der Waals surface area contributed by atoms with Crippen LogP contribution in [0.3, 0.4) is 0 Å². The van der Waals surface area contributed by atoms with Gasteiger partial charge in [-0.2, -0.15) is 0 Å². The molecule has 0 aromatic heterocycles.